The first-order valence-electron chi connectivity index (χ1n) is 3.59. The lowest BCUT2D eigenvalue weighted by Crippen LogP contribution is -1.80. The van der Waals surface area contributed by atoms with Gasteiger partial charge in [0.1, 0.15) is 0 Å². The van der Waals surface area contributed by atoms with Gasteiger partial charge in [0.15, 0.2) is 0 Å². The van der Waals surface area contributed by atoms with Gasteiger partial charge in [-0.25, -0.2) is 0 Å². The van der Waals surface area contributed by atoms with Crippen molar-refractivity contribution in [2.45, 2.75) is 6.92 Å². The molecule has 0 aliphatic rings. The molecule has 11 heavy (non-hydrogen) atoms. The second kappa shape index (κ2) is 2.35. The average molecular weight is 142 g/mol. The van der Waals surface area contributed by atoms with Gasteiger partial charge in [-0.1, -0.05) is 18.2 Å². The normalized spacial score (nSPS) is 10.3. The van der Waals surface area contributed by atoms with Crippen molar-refractivity contribution in [1.29, 1.82) is 0 Å². The summed E-state index contributed by atoms with van der Waals surface area (Å²) in [6.45, 7) is 2.06. The molecule has 0 saturated heterocycles. The molecule has 1 aromatic heterocycles. The van der Waals surface area contributed by atoms with Gasteiger partial charge in [0, 0.05) is 17.6 Å². The largest absolute Gasteiger partial charge is 0.255 e. The molecule has 1 heteroatoms. The summed E-state index contributed by atoms with van der Waals surface area (Å²) in [6, 6.07) is 11.1. The molecular weight excluding hydrogens is 134 g/mol. The van der Waals surface area contributed by atoms with Crippen LogP contribution in [0.15, 0.2) is 30.5 Å². The molecule has 1 heterocycles. The van der Waals surface area contributed by atoms with Crippen LogP contribution in [0.5, 0.6) is 0 Å². The van der Waals surface area contributed by atoms with E-state index in [0.717, 1.165) is 10.9 Å². The summed E-state index contributed by atoms with van der Waals surface area (Å²) in [5.74, 6) is 0. The van der Waals surface area contributed by atoms with Crippen molar-refractivity contribution in [2.75, 3.05) is 0 Å². The lowest BCUT2D eigenvalue weighted by molar-refractivity contribution is 1.36. The fourth-order valence-electron chi connectivity index (χ4n) is 1.20. The van der Waals surface area contributed by atoms with Gasteiger partial charge in [-0.2, -0.15) is 0 Å². The number of hydrogen-bond acceptors (Lipinski definition) is 1. The Hall–Kier alpha value is -1.37. The molecule has 0 aliphatic carbocycles. The number of rotatable bonds is 0. The first-order chi connectivity index (χ1) is 5.38. The van der Waals surface area contributed by atoms with Crippen LogP contribution in [-0.2, 0) is 0 Å². The Morgan fingerprint density at radius 2 is 2.27 bits per heavy atom. The number of fused-ring (bicyclic) bond motifs is 1. The van der Waals surface area contributed by atoms with Crippen molar-refractivity contribution >= 4 is 10.9 Å². The first-order valence-corrected chi connectivity index (χ1v) is 3.59. The number of aromatic nitrogens is 1. The molecule has 0 amide bonds. The van der Waals surface area contributed by atoms with Crippen molar-refractivity contribution < 1.29 is 0 Å². The Morgan fingerprint density at radius 3 is 3.09 bits per heavy atom. The second-order valence-electron chi connectivity index (χ2n) is 2.58. The van der Waals surface area contributed by atoms with Crippen molar-refractivity contribution in [2.24, 2.45) is 0 Å². The lowest BCUT2D eigenvalue weighted by atomic mass is 10.1. The number of pyridine rings is 1. The molecule has 0 atom stereocenters. The van der Waals surface area contributed by atoms with Crippen LogP contribution in [0.3, 0.4) is 0 Å². The zero-order valence-electron chi connectivity index (χ0n) is 6.33. The van der Waals surface area contributed by atoms with Gasteiger partial charge in [-0.15, -0.1) is 0 Å². The van der Waals surface area contributed by atoms with Gasteiger partial charge in [0.2, 0.25) is 0 Å². The third kappa shape index (κ3) is 0.984. The minimum absolute atomic E-state index is 1.08. The van der Waals surface area contributed by atoms with Crippen molar-refractivity contribution in [3.8, 4) is 0 Å². The third-order valence-electron chi connectivity index (χ3n) is 1.78. The molecular formula is C10H8N. The zero-order chi connectivity index (χ0) is 7.68. The fourth-order valence-corrected chi connectivity index (χ4v) is 1.20. The maximum atomic E-state index is 4.23. The SMILES string of the molecule is Cc1cccc2c[c]cnc12. The minimum Gasteiger partial charge on any atom is -0.255 e. The molecule has 1 aromatic carbocycles. The Labute approximate surface area is 65.7 Å². The van der Waals surface area contributed by atoms with E-state index in [1.54, 1.807) is 6.20 Å². The number of para-hydroxylation sites is 1. The number of nitrogens with zero attached hydrogens (tertiary/aromatic N) is 1. The summed E-state index contributed by atoms with van der Waals surface area (Å²) in [5.41, 5.74) is 2.29. The van der Waals surface area contributed by atoms with E-state index in [9.17, 15) is 0 Å². The monoisotopic (exact) mass is 142 g/mol. The molecule has 0 aliphatic heterocycles. The lowest BCUT2D eigenvalue weighted by Gasteiger charge is -1.97. The maximum Gasteiger partial charge on any atom is 0.0731 e. The van der Waals surface area contributed by atoms with Crippen LogP contribution in [0.2, 0.25) is 0 Å². The Morgan fingerprint density at radius 1 is 1.36 bits per heavy atom. The van der Waals surface area contributed by atoms with Gasteiger partial charge in [0.05, 0.1) is 5.52 Å². The quantitative estimate of drug-likeness (QED) is 0.550. The Kier molecular flexibility index (Phi) is 1.35. The maximum absolute atomic E-state index is 4.23. The van der Waals surface area contributed by atoms with Crippen molar-refractivity contribution in [3.05, 3.63) is 42.1 Å². The molecule has 2 aromatic rings. The number of benzene rings is 1. The van der Waals surface area contributed by atoms with E-state index in [2.05, 4.69) is 24.0 Å². The van der Waals surface area contributed by atoms with E-state index in [-0.39, 0.29) is 0 Å². The summed E-state index contributed by atoms with van der Waals surface area (Å²) >= 11 is 0. The molecule has 0 N–H and O–H groups in total. The van der Waals surface area contributed by atoms with E-state index in [1.807, 2.05) is 18.2 Å². The molecule has 1 radical (unpaired) electrons. The number of hydrogen-bond donors (Lipinski definition) is 0. The van der Waals surface area contributed by atoms with Gasteiger partial charge in [0.25, 0.3) is 0 Å². The van der Waals surface area contributed by atoms with Crippen LogP contribution in [0.25, 0.3) is 10.9 Å². The zero-order valence-corrected chi connectivity index (χ0v) is 6.33. The minimum atomic E-state index is 1.08. The van der Waals surface area contributed by atoms with Gasteiger partial charge >= 0.3 is 0 Å². The summed E-state index contributed by atoms with van der Waals surface area (Å²) < 4.78 is 0. The standard InChI is InChI=1S/C10H8N/c1-8-4-2-5-9-6-3-7-11-10(8)9/h2,4-7H,1H3. The topological polar surface area (TPSA) is 12.9 Å². The fraction of sp³-hybridized carbons (Fsp3) is 0.100. The summed E-state index contributed by atoms with van der Waals surface area (Å²) in [5, 5.41) is 1.16. The highest BCUT2D eigenvalue weighted by molar-refractivity contribution is 5.80. The van der Waals surface area contributed by atoms with E-state index in [0.29, 0.717) is 0 Å². The summed E-state index contributed by atoms with van der Waals surface area (Å²) in [4.78, 5) is 4.23. The van der Waals surface area contributed by atoms with Crippen molar-refractivity contribution in [3.63, 3.8) is 0 Å². The highest BCUT2D eigenvalue weighted by Crippen LogP contribution is 2.13. The van der Waals surface area contributed by atoms with Crippen LogP contribution in [-0.4, -0.2) is 4.98 Å². The van der Waals surface area contributed by atoms with Gasteiger partial charge < -0.3 is 0 Å². The van der Waals surface area contributed by atoms with Crippen LogP contribution < -0.4 is 0 Å². The smallest absolute Gasteiger partial charge is 0.0731 e. The summed E-state index contributed by atoms with van der Waals surface area (Å²) in [7, 11) is 0. The Bertz CT molecular complexity index is 374. The predicted molar refractivity (Wildman–Crippen MR) is 45.3 cm³/mol. The predicted octanol–water partition coefficient (Wildman–Crippen LogP) is 2.34. The molecule has 0 unspecified atom stereocenters. The summed E-state index contributed by atoms with van der Waals surface area (Å²) in [6.07, 6.45) is 1.70. The van der Waals surface area contributed by atoms with Crippen LogP contribution in [0.1, 0.15) is 5.56 Å². The van der Waals surface area contributed by atoms with Crippen LogP contribution in [0.4, 0.5) is 0 Å². The molecule has 53 valence electrons. The van der Waals surface area contributed by atoms with E-state index in [4.69, 9.17) is 0 Å². The molecule has 2 rings (SSSR count). The van der Waals surface area contributed by atoms with E-state index < -0.39 is 0 Å². The van der Waals surface area contributed by atoms with E-state index >= 15 is 0 Å². The molecule has 0 saturated carbocycles. The van der Waals surface area contributed by atoms with Gasteiger partial charge in [-0.3, -0.25) is 4.98 Å². The second-order valence-corrected chi connectivity index (χ2v) is 2.58. The molecule has 0 spiro atoms. The average Bonchev–Trinajstić information content (AvgIpc) is 2.06. The highest BCUT2D eigenvalue weighted by Gasteiger charge is 1.93. The molecule has 0 bridgehead atoms. The third-order valence-corrected chi connectivity index (χ3v) is 1.78. The highest BCUT2D eigenvalue weighted by atomic mass is 14.6. The van der Waals surface area contributed by atoms with E-state index in [1.165, 1.54) is 5.56 Å². The van der Waals surface area contributed by atoms with Crippen LogP contribution >= 0.6 is 0 Å². The van der Waals surface area contributed by atoms with Crippen LogP contribution in [0, 0.1) is 13.0 Å². The first kappa shape index (κ1) is 6.35. The Balaban J connectivity index is 2.91. The molecule has 1 nitrogen and oxygen atoms in total. The number of aryl methyl sites for hydroxylation is 1. The molecule has 0 fully saturated rings. The van der Waals surface area contributed by atoms with Crippen molar-refractivity contribution in [1.82, 2.24) is 4.98 Å². The van der Waals surface area contributed by atoms with Gasteiger partial charge in [-0.05, 0) is 18.6 Å².